The molecule has 3 amide bonds. The van der Waals surface area contributed by atoms with Gasteiger partial charge < -0.3 is 20.3 Å². The highest BCUT2D eigenvalue weighted by Crippen LogP contribution is 2.29. The lowest BCUT2D eigenvalue weighted by molar-refractivity contribution is -0.152. The van der Waals surface area contributed by atoms with Crippen LogP contribution in [0, 0.1) is 19.8 Å². The van der Waals surface area contributed by atoms with Crippen LogP contribution in [-0.4, -0.2) is 49.9 Å². The fraction of sp³-hybridized carbons (Fsp3) is 0.500. The van der Waals surface area contributed by atoms with Crippen LogP contribution in [0.5, 0.6) is 0 Å². The number of hydrogen-bond acceptors (Lipinski definition) is 5. The number of ether oxygens (including phenoxy) is 1. The van der Waals surface area contributed by atoms with Crippen LogP contribution in [-0.2, 0) is 23.9 Å². The van der Waals surface area contributed by atoms with Crippen molar-refractivity contribution in [3.63, 3.8) is 0 Å². The Morgan fingerprint density at radius 3 is 2.64 bits per heavy atom. The Kier molecular flexibility index (Phi) is 7.54. The van der Waals surface area contributed by atoms with E-state index in [-0.39, 0.29) is 31.3 Å². The van der Waals surface area contributed by atoms with Gasteiger partial charge in [-0.3, -0.25) is 19.2 Å². The molecule has 152 valence electrons. The quantitative estimate of drug-likeness (QED) is 0.641. The highest BCUT2D eigenvalue weighted by Gasteiger charge is 2.37. The molecule has 0 radical (unpaired) electrons. The van der Waals surface area contributed by atoms with Gasteiger partial charge in [-0.2, -0.15) is 0 Å². The second kappa shape index (κ2) is 9.87. The molecule has 1 aliphatic heterocycles. The number of carbonyl (C=O) groups excluding carboxylic acids is 4. The summed E-state index contributed by atoms with van der Waals surface area (Å²) in [5, 5.41) is 5.02. The van der Waals surface area contributed by atoms with Crippen LogP contribution in [0.1, 0.15) is 30.9 Å². The average Bonchev–Trinajstić information content (AvgIpc) is 3.06. The number of esters is 1. The van der Waals surface area contributed by atoms with Gasteiger partial charge in [0.15, 0.2) is 6.61 Å². The summed E-state index contributed by atoms with van der Waals surface area (Å²) in [6.07, 6.45) is 0.851. The molecule has 0 unspecified atom stereocenters. The van der Waals surface area contributed by atoms with Gasteiger partial charge in [0, 0.05) is 25.2 Å². The van der Waals surface area contributed by atoms with Crippen molar-refractivity contribution < 1.29 is 23.9 Å². The summed E-state index contributed by atoms with van der Waals surface area (Å²) in [4.78, 5) is 49.3. The van der Waals surface area contributed by atoms with Crippen molar-refractivity contribution in [2.75, 3.05) is 31.1 Å². The third kappa shape index (κ3) is 5.55. The minimum atomic E-state index is -0.618. The van der Waals surface area contributed by atoms with E-state index in [2.05, 4.69) is 10.6 Å². The van der Waals surface area contributed by atoms with Gasteiger partial charge in [-0.15, -0.1) is 0 Å². The number of nitrogens with one attached hydrogen (secondary N) is 2. The van der Waals surface area contributed by atoms with E-state index < -0.39 is 24.4 Å². The van der Waals surface area contributed by atoms with Gasteiger partial charge in [0.1, 0.15) is 0 Å². The molecule has 2 rings (SSSR count). The maximum atomic E-state index is 12.3. The first kappa shape index (κ1) is 21.4. The second-order valence-electron chi connectivity index (χ2n) is 6.86. The van der Waals surface area contributed by atoms with Gasteiger partial charge in [0.25, 0.3) is 5.91 Å². The van der Waals surface area contributed by atoms with Crippen LogP contribution < -0.4 is 15.5 Å². The predicted molar refractivity (Wildman–Crippen MR) is 104 cm³/mol. The molecule has 1 saturated heterocycles. The number of rotatable bonds is 8. The Labute approximate surface area is 164 Å². The molecule has 28 heavy (non-hydrogen) atoms. The SMILES string of the molecule is CCCNC(=O)CNC(=O)COC(=O)[C@H]1CC(=O)N(c2cccc(C)c2C)C1. The third-order valence-corrected chi connectivity index (χ3v) is 4.69. The van der Waals surface area contributed by atoms with E-state index >= 15 is 0 Å². The molecule has 1 aromatic carbocycles. The van der Waals surface area contributed by atoms with E-state index in [0.29, 0.717) is 6.54 Å². The van der Waals surface area contributed by atoms with E-state index in [4.69, 9.17) is 4.74 Å². The van der Waals surface area contributed by atoms with E-state index in [1.54, 1.807) is 4.90 Å². The first-order chi connectivity index (χ1) is 13.3. The lowest BCUT2D eigenvalue weighted by Crippen LogP contribution is -2.39. The number of benzene rings is 1. The van der Waals surface area contributed by atoms with Crippen LogP contribution in [0.3, 0.4) is 0 Å². The van der Waals surface area contributed by atoms with Crippen molar-refractivity contribution >= 4 is 29.4 Å². The van der Waals surface area contributed by atoms with Crippen LogP contribution >= 0.6 is 0 Å². The number of carbonyl (C=O) groups is 4. The zero-order valence-electron chi connectivity index (χ0n) is 16.5. The first-order valence-electron chi connectivity index (χ1n) is 9.40. The van der Waals surface area contributed by atoms with Gasteiger partial charge in [-0.1, -0.05) is 19.1 Å². The lowest BCUT2D eigenvalue weighted by atomic mass is 10.1. The fourth-order valence-corrected chi connectivity index (χ4v) is 2.94. The second-order valence-corrected chi connectivity index (χ2v) is 6.86. The smallest absolute Gasteiger partial charge is 0.311 e. The summed E-state index contributed by atoms with van der Waals surface area (Å²) >= 11 is 0. The molecule has 0 aliphatic carbocycles. The molecule has 1 heterocycles. The van der Waals surface area contributed by atoms with Crippen LogP contribution in [0.25, 0.3) is 0 Å². The molecule has 0 saturated carbocycles. The van der Waals surface area contributed by atoms with E-state index in [1.807, 2.05) is 39.0 Å². The van der Waals surface area contributed by atoms with Gasteiger partial charge in [-0.25, -0.2) is 0 Å². The predicted octanol–water partition coefficient (Wildman–Crippen LogP) is 0.842. The Hall–Kier alpha value is -2.90. The van der Waals surface area contributed by atoms with Crippen molar-refractivity contribution in [1.82, 2.24) is 10.6 Å². The molecule has 1 aromatic rings. The molecule has 0 aromatic heterocycles. The van der Waals surface area contributed by atoms with Crippen LogP contribution in [0.4, 0.5) is 5.69 Å². The molecule has 1 fully saturated rings. The number of hydrogen-bond donors (Lipinski definition) is 2. The van der Waals surface area contributed by atoms with Crippen LogP contribution in [0.15, 0.2) is 18.2 Å². The summed E-state index contributed by atoms with van der Waals surface area (Å²) in [5.74, 6) is -2.21. The molecule has 8 heteroatoms. The van der Waals surface area contributed by atoms with Gasteiger partial charge >= 0.3 is 5.97 Å². The highest BCUT2D eigenvalue weighted by molar-refractivity contribution is 6.00. The van der Waals surface area contributed by atoms with Crippen molar-refractivity contribution in [1.29, 1.82) is 0 Å². The van der Waals surface area contributed by atoms with E-state index in [1.165, 1.54) is 0 Å². The molecule has 2 N–H and O–H groups in total. The zero-order valence-corrected chi connectivity index (χ0v) is 16.5. The minimum absolute atomic E-state index is 0.0489. The van der Waals surface area contributed by atoms with Crippen LogP contribution in [0.2, 0.25) is 0 Å². The maximum Gasteiger partial charge on any atom is 0.311 e. The largest absolute Gasteiger partial charge is 0.455 e. The highest BCUT2D eigenvalue weighted by atomic mass is 16.5. The molecule has 1 atom stereocenters. The summed E-state index contributed by atoms with van der Waals surface area (Å²) in [6, 6.07) is 5.69. The number of amides is 3. The molecule has 1 aliphatic rings. The number of aryl methyl sites for hydroxylation is 1. The number of anilines is 1. The lowest BCUT2D eigenvalue weighted by Gasteiger charge is -2.20. The average molecular weight is 389 g/mol. The van der Waals surface area contributed by atoms with Gasteiger partial charge in [-0.05, 0) is 37.5 Å². The minimum Gasteiger partial charge on any atom is -0.455 e. The Morgan fingerprint density at radius 1 is 1.18 bits per heavy atom. The van der Waals surface area contributed by atoms with E-state index in [0.717, 1.165) is 23.2 Å². The van der Waals surface area contributed by atoms with Gasteiger partial charge in [0.2, 0.25) is 11.8 Å². The number of nitrogens with zero attached hydrogens (tertiary/aromatic N) is 1. The standard InChI is InChI=1S/C20H27N3O5/c1-4-8-21-17(24)10-22-18(25)12-28-20(27)15-9-19(26)23(11-15)16-7-5-6-13(2)14(16)3/h5-7,15H,4,8-12H2,1-3H3,(H,21,24)(H,22,25)/t15-/m0/s1. The Balaban J connectivity index is 1.82. The molecule has 0 spiro atoms. The van der Waals surface area contributed by atoms with Gasteiger partial charge in [0.05, 0.1) is 12.5 Å². The van der Waals surface area contributed by atoms with Crippen molar-refractivity contribution in [2.45, 2.75) is 33.6 Å². The third-order valence-electron chi connectivity index (χ3n) is 4.69. The summed E-state index contributed by atoms with van der Waals surface area (Å²) in [5.41, 5.74) is 2.85. The Morgan fingerprint density at radius 2 is 1.93 bits per heavy atom. The topological polar surface area (TPSA) is 105 Å². The molecule has 8 nitrogen and oxygen atoms in total. The Bertz CT molecular complexity index is 762. The molecular formula is C20H27N3O5. The summed E-state index contributed by atoms with van der Waals surface area (Å²) < 4.78 is 5.03. The fourth-order valence-electron chi connectivity index (χ4n) is 2.94. The summed E-state index contributed by atoms with van der Waals surface area (Å²) in [7, 11) is 0. The van der Waals surface area contributed by atoms with E-state index in [9.17, 15) is 19.2 Å². The monoisotopic (exact) mass is 389 g/mol. The maximum absolute atomic E-state index is 12.3. The normalized spacial score (nSPS) is 16.0. The molecular weight excluding hydrogens is 362 g/mol. The summed E-state index contributed by atoms with van der Waals surface area (Å²) in [6.45, 7) is 5.94. The molecule has 0 bridgehead atoms. The first-order valence-corrected chi connectivity index (χ1v) is 9.40. The van der Waals surface area contributed by atoms with Crippen molar-refractivity contribution in [2.24, 2.45) is 5.92 Å². The van der Waals surface area contributed by atoms with Crippen molar-refractivity contribution in [3.05, 3.63) is 29.3 Å². The zero-order chi connectivity index (χ0) is 20.7. The van der Waals surface area contributed by atoms with Crippen molar-refractivity contribution in [3.8, 4) is 0 Å².